The van der Waals surface area contributed by atoms with E-state index in [2.05, 4.69) is 19.2 Å². The Bertz CT molecular complexity index is 870. The first-order chi connectivity index (χ1) is 26.5. The number of hydrogen-bond acceptors (Lipinski definition) is 5. The number of phosphoric ester groups is 1. The highest BCUT2D eigenvalue weighted by Gasteiger charge is 2.28. The van der Waals surface area contributed by atoms with E-state index >= 15 is 0 Å². The Balaban J connectivity index is 4.28. The lowest BCUT2D eigenvalue weighted by Gasteiger charge is -2.26. The number of nitrogens with zero attached hydrogens (tertiary/aromatic N) is 1. The average Bonchev–Trinajstić information content (AvgIpc) is 3.13. The molecule has 0 spiro atoms. The molecule has 3 atom stereocenters. The van der Waals surface area contributed by atoms with Crippen molar-refractivity contribution in [1.82, 2.24) is 5.32 Å². The number of carbonyl (C=O) groups is 1. The summed E-state index contributed by atoms with van der Waals surface area (Å²) < 4.78 is 23.7. The van der Waals surface area contributed by atoms with Crippen molar-refractivity contribution in [3.63, 3.8) is 0 Å². The van der Waals surface area contributed by atoms with E-state index in [-0.39, 0.29) is 19.1 Å². The van der Waals surface area contributed by atoms with Gasteiger partial charge < -0.3 is 19.8 Å². The van der Waals surface area contributed by atoms with Crippen LogP contribution in [-0.4, -0.2) is 73.4 Å². The number of nitrogens with one attached hydrogen (secondary N) is 1. The van der Waals surface area contributed by atoms with E-state index < -0.39 is 20.0 Å². The summed E-state index contributed by atoms with van der Waals surface area (Å²) in [5.74, 6) is -0.140. The van der Waals surface area contributed by atoms with Gasteiger partial charge in [0.15, 0.2) is 0 Å². The second-order valence-electron chi connectivity index (χ2n) is 17.9. The summed E-state index contributed by atoms with van der Waals surface area (Å²) in [5.41, 5.74) is 0. The van der Waals surface area contributed by atoms with Gasteiger partial charge in [0.2, 0.25) is 5.91 Å². The topological polar surface area (TPSA) is 105 Å². The number of aliphatic hydroxyl groups excluding tert-OH is 1. The first-order valence-corrected chi connectivity index (χ1v) is 25.4. The van der Waals surface area contributed by atoms with Crippen LogP contribution in [0.4, 0.5) is 0 Å². The molecular weight excluding hydrogens is 707 g/mol. The monoisotopic (exact) mass is 804 g/mol. The van der Waals surface area contributed by atoms with Crippen molar-refractivity contribution in [3.05, 3.63) is 0 Å². The number of phosphoric acid groups is 1. The largest absolute Gasteiger partial charge is 0.472 e. The Kier molecular flexibility index (Phi) is 38.6. The SMILES string of the molecule is CCCCCCCCCCCCCCCCCCCC(=O)N[C@@H](COP(=O)(O)OCC[N+](C)(C)C)[C@H](O)CCCCCCCCCCCCCCCCCC. The van der Waals surface area contributed by atoms with E-state index in [1.807, 2.05) is 21.1 Å². The molecule has 0 aliphatic rings. The van der Waals surface area contributed by atoms with Gasteiger partial charge in [-0.1, -0.05) is 219 Å². The molecule has 55 heavy (non-hydrogen) atoms. The zero-order chi connectivity index (χ0) is 40.7. The lowest BCUT2D eigenvalue weighted by atomic mass is 10.0. The Morgan fingerprint density at radius 2 is 0.873 bits per heavy atom. The van der Waals surface area contributed by atoms with Gasteiger partial charge >= 0.3 is 7.82 Å². The van der Waals surface area contributed by atoms with Gasteiger partial charge in [-0.25, -0.2) is 4.57 Å². The summed E-state index contributed by atoms with van der Waals surface area (Å²) in [7, 11) is 1.63. The van der Waals surface area contributed by atoms with Gasteiger partial charge in [-0.05, 0) is 12.8 Å². The predicted octanol–water partition coefficient (Wildman–Crippen LogP) is 13.4. The zero-order valence-electron chi connectivity index (χ0n) is 37.4. The highest BCUT2D eigenvalue weighted by molar-refractivity contribution is 7.47. The summed E-state index contributed by atoms with van der Waals surface area (Å²) in [4.78, 5) is 23.2. The van der Waals surface area contributed by atoms with Crippen LogP contribution in [-0.2, 0) is 18.4 Å². The Labute approximate surface area is 342 Å². The number of rotatable bonds is 44. The lowest BCUT2D eigenvalue weighted by molar-refractivity contribution is -0.870. The van der Waals surface area contributed by atoms with Crippen molar-refractivity contribution in [2.45, 2.75) is 251 Å². The second kappa shape index (κ2) is 39.0. The number of likely N-dealkylation sites (N-methyl/N-ethyl adjacent to an activating group) is 1. The summed E-state index contributed by atoms with van der Waals surface area (Å²) in [5, 5.41) is 14.0. The van der Waals surface area contributed by atoms with Gasteiger partial charge in [0.25, 0.3) is 0 Å². The summed E-state index contributed by atoms with van der Waals surface area (Å²) in [6, 6.07) is -0.753. The van der Waals surface area contributed by atoms with Crippen molar-refractivity contribution in [2.24, 2.45) is 0 Å². The van der Waals surface area contributed by atoms with E-state index in [9.17, 15) is 19.4 Å². The van der Waals surface area contributed by atoms with Crippen LogP contribution in [0.3, 0.4) is 0 Å². The molecule has 0 aromatic heterocycles. The van der Waals surface area contributed by atoms with Gasteiger partial charge in [0.05, 0.1) is 39.9 Å². The third kappa shape index (κ3) is 41.5. The molecule has 0 aliphatic heterocycles. The van der Waals surface area contributed by atoms with E-state index in [0.717, 1.165) is 38.5 Å². The molecule has 0 bridgehead atoms. The van der Waals surface area contributed by atoms with Gasteiger partial charge in [-0.3, -0.25) is 13.8 Å². The highest BCUT2D eigenvalue weighted by atomic mass is 31.2. The Morgan fingerprint density at radius 1 is 0.545 bits per heavy atom. The molecule has 0 saturated carbocycles. The third-order valence-electron chi connectivity index (χ3n) is 11.1. The van der Waals surface area contributed by atoms with Crippen LogP contribution in [0.5, 0.6) is 0 Å². The molecule has 9 heteroatoms. The average molecular weight is 804 g/mol. The van der Waals surface area contributed by atoms with Crippen LogP contribution < -0.4 is 5.32 Å². The molecular formula is C46H96N2O6P+. The van der Waals surface area contributed by atoms with E-state index in [1.54, 1.807) is 0 Å². The first kappa shape index (κ1) is 54.5. The van der Waals surface area contributed by atoms with Gasteiger partial charge in [0.1, 0.15) is 13.2 Å². The summed E-state index contributed by atoms with van der Waals surface area (Å²) in [6.45, 7) is 4.92. The molecule has 0 aromatic carbocycles. The Hall–Kier alpha value is -0.500. The van der Waals surface area contributed by atoms with Crippen LogP contribution in [0.25, 0.3) is 0 Å². The van der Waals surface area contributed by atoms with Gasteiger partial charge in [-0.15, -0.1) is 0 Å². The maximum absolute atomic E-state index is 12.9. The molecule has 0 rings (SSSR count). The minimum absolute atomic E-state index is 0.0787. The zero-order valence-corrected chi connectivity index (χ0v) is 38.3. The van der Waals surface area contributed by atoms with Crippen molar-refractivity contribution in [3.8, 4) is 0 Å². The summed E-state index contributed by atoms with van der Waals surface area (Å²) in [6.07, 6.45) is 42.6. The predicted molar refractivity (Wildman–Crippen MR) is 236 cm³/mol. The smallest absolute Gasteiger partial charge is 0.391 e. The molecule has 0 aromatic rings. The number of quaternary nitrogens is 1. The molecule has 3 N–H and O–H groups in total. The minimum atomic E-state index is -4.31. The fraction of sp³-hybridized carbons (Fsp3) is 0.978. The summed E-state index contributed by atoms with van der Waals surface area (Å²) >= 11 is 0. The molecule has 8 nitrogen and oxygen atoms in total. The molecule has 0 radical (unpaired) electrons. The van der Waals surface area contributed by atoms with Crippen molar-refractivity contribution < 1.29 is 32.9 Å². The quantitative estimate of drug-likeness (QED) is 0.0322. The number of hydrogen-bond donors (Lipinski definition) is 3. The van der Waals surface area contributed by atoms with Crippen LogP contribution in [0, 0.1) is 0 Å². The highest BCUT2D eigenvalue weighted by Crippen LogP contribution is 2.43. The number of unbranched alkanes of at least 4 members (excludes halogenated alkanes) is 31. The Morgan fingerprint density at radius 3 is 1.22 bits per heavy atom. The van der Waals surface area contributed by atoms with Gasteiger partial charge in [-0.2, -0.15) is 0 Å². The van der Waals surface area contributed by atoms with Crippen LogP contribution >= 0.6 is 7.82 Å². The third-order valence-corrected chi connectivity index (χ3v) is 12.1. The maximum atomic E-state index is 12.9. The van der Waals surface area contributed by atoms with Crippen LogP contribution in [0.2, 0.25) is 0 Å². The first-order valence-electron chi connectivity index (χ1n) is 23.9. The number of aliphatic hydroxyl groups is 1. The van der Waals surface area contributed by atoms with Gasteiger partial charge in [0, 0.05) is 6.42 Å². The fourth-order valence-corrected chi connectivity index (χ4v) is 8.02. The van der Waals surface area contributed by atoms with Crippen molar-refractivity contribution >= 4 is 13.7 Å². The van der Waals surface area contributed by atoms with Crippen LogP contribution in [0.1, 0.15) is 239 Å². The number of amides is 1. The number of carbonyl (C=O) groups excluding carboxylic acids is 1. The molecule has 0 aliphatic carbocycles. The lowest BCUT2D eigenvalue weighted by Crippen LogP contribution is -2.46. The van der Waals surface area contributed by atoms with Crippen molar-refractivity contribution in [2.75, 3.05) is 40.9 Å². The molecule has 1 unspecified atom stereocenters. The normalized spacial score (nSPS) is 14.2. The second-order valence-corrected chi connectivity index (χ2v) is 19.3. The fourth-order valence-electron chi connectivity index (χ4n) is 7.28. The van der Waals surface area contributed by atoms with E-state index in [4.69, 9.17) is 9.05 Å². The maximum Gasteiger partial charge on any atom is 0.472 e. The minimum Gasteiger partial charge on any atom is -0.391 e. The van der Waals surface area contributed by atoms with E-state index in [0.29, 0.717) is 23.9 Å². The van der Waals surface area contributed by atoms with Crippen LogP contribution in [0.15, 0.2) is 0 Å². The molecule has 0 heterocycles. The van der Waals surface area contributed by atoms with Crippen molar-refractivity contribution in [1.29, 1.82) is 0 Å². The molecule has 330 valence electrons. The standard InChI is InChI=1S/C46H95N2O6P/c1-6-8-10-12-14-16-18-20-22-24-26-28-30-32-34-36-38-40-46(50)47-44(43-54-55(51,52)53-42-41-48(3,4)5)45(49)39-37-35-33-31-29-27-25-23-21-19-17-15-13-11-9-7-2/h44-45,49H,6-43H2,1-5H3,(H-,47,50,51,52)/p+1/t44-,45+/m0/s1. The molecule has 0 saturated heterocycles. The molecule has 0 fully saturated rings. The molecule has 1 amide bonds. The van der Waals surface area contributed by atoms with E-state index in [1.165, 1.54) is 173 Å².